The molecular formula is C31H54O2. The monoisotopic (exact) mass is 458 g/mol. The predicted molar refractivity (Wildman–Crippen MR) is 139 cm³/mol. The molecule has 2 nitrogen and oxygen atoms in total. The molecule has 0 N–H and O–H groups in total. The third-order valence-corrected chi connectivity index (χ3v) is 10.4. The fourth-order valence-electron chi connectivity index (χ4n) is 7.50. The summed E-state index contributed by atoms with van der Waals surface area (Å²) in [6.07, 6.45) is 22.3. The highest BCUT2D eigenvalue weighted by Crippen LogP contribution is 2.59. The Kier molecular flexibility index (Phi) is 10.5. The number of rotatable bonds is 14. The van der Waals surface area contributed by atoms with E-state index in [1.165, 1.54) is 70.6 Å². The molecule has 0 heterocycles. The molecule has 0 bridgehead atoms. The molecule has 0 saturated heterocycles. The second kappa shape index (κ2) is 12.9. The Balaban J connectivity index is 1.43. The highest BCUT2D eigenvalue weighted by molar-refractivity contribution is 5.83. The van der Waals surface area contributed by atoms with E-state index in [2.05, 4.69) is 27.7 Å². The lowest BCUT2D eigenvalue weighted by molar-refractivity contribution is -0.129. The van der Waals surface area contributed by atoms with E-state index in [4.69, 9.17) is 0 Å². The van der Waals surface area contributed by atoms with Gasteiger partial charge in [0, 0.05) is 24.2 Å². The van der Waals surface area contributed by atoms with Crippen LogP contribution in [-0.4, -0.2) is 11.6 Å². The van der Waals surface area contributed by atoms with Crippen molar-refractivity contribution in [2.24, 2.45) is 40.9 Å². The van der Waals surface area contributed by atoms with Crippen LogP contribution in [0, 0.1) is 40.9 Å². The number of ketones is 2. The lowest BCUT2D eigenvalue weighted by Gasteiger charge is -2.32. The van der Waals surface area contributed by atoms with Crippen LogP contribution in [0.5, 0.6) is 0 Å². The Hall–Kier alpha value is -0.660. The fourth-order valence-corrected chi connectivity index (χ4v) is 7.50. The van der Waals surface area contributed by atoms with Crippen molar-refractivity contribution in [1.82, 2.24) is 0 Å². The van der Waals surface area contributed by atoms with Gasteiger partial charge >= 0.3 is 0 Å². The Labute approximate surface area is 205 Å². The van der Waals surface area contributed by atoms with Crippen LogP contribution in [0.3, 0.4) is 0 Å². The summed E-state index contributed by atoms with van der Waals surface area (Å²) < 4.78 is 0. The van der Waals surface area contributed by atoms with Crippen LogP contribution in [-0.2, 0) is 9.59 Å². The van der Waals surface area contributed by atoms with E-state index >= 15 is 0 Å². The molecule has 0 amide bonds. The highest BCUT2D eigenvalue weighted by Gasteiger charge is 2.48. The minimum atomic E-state index is 0.149. The van der Waals surface area contributed by atoms with Crippen molar-refractivity contribution in [2.75, 3.05) is 0 Å². The summed E-state index contributed by atoms with van der Waals surface area (Å²) in [4.78, 5) is 26.2. The van der Waals surface area contributed by atoms with Gasteiger partial charge in [-0.2, -0.15) is 0 Å². The Morgan fingerprint density at radius 1 is 0.848 bits per heavy atom. The number of carbonyl (C=O) groups excluding carboxylic acids is 2. The maximum Gasteiger partial charge on any atom is 0.139 e. The zero-order chi connectivity index (χ0) is 23.8. The minimum Gasteiger partial charge on any atom is -0.299 e. The molecule has 0 aromatic rings. The van der Waals surface area contributed by atoms with Gasteiger partial charge in [0.05, 0.1) is 0 Å². The topological polar surface area (TPSA) is 34.1 Å². The first-order valence-electron chi connectivity index (χ1n) is 14.9. The molecular weight excluding hydrogens is 404 g/mol. The zero-order valence-electron chi connectivity index (χ0n) is 22.5. The molecule has 33 heavy (non-hydrogen) atoms. The Morgan fingerprint density at radius 3 is 2.03 bits per heavy atom. The van der Waals surface area contributed by atoms with Gasteiger partial charge in [0.15, 0.2) is 0 Å². The average Bonchev–Trinajstić information content (AvgIpc) is 3.65. The predicted octanol–water partition coefficient (Wildman–Crippen LogP) is 8.95. The quantitative estimate of drug-likeness (QED) is 0.260. The van der Waals surface area contributed by atoms with Crippen molar-refractivity contribution in [3.8, 4) is 0 Å². The summed E-state index contributed by atoms with van der Waals surface area (Å²) in [6, 6.07) is 0. The average molecular weight is 459 g/mol. The van der Waals surface area contributed by atoms with Crippen molar-refractivity contribution in [1.29, 1.82) is 0 Å². The van der Waals surface area contributed by atoms with Gasteiger partial charge < -0.3 is 0 Å². The van der Waals surface area contributed by atoms with Crippen LogP contribution >= 0.6 is 0 Å². The SMILES string of the molecule is CC[C@H](C)[C@@H](CCC(C)C(=O)CCCC1(C2CCCCC2)CC1)[C@@H](C)C(=O)C1CCCCC1. The van der Waals surface area contributed by atoms with Gasteiger partial charge in [-0.05, 0) is 87.4 Å². The van der Waals surface area contributed by atoms with E-state index in [-0.39, 0.29) is 11.8 Å². The summed E-state index contributed by atoms with van der Waals surface area (Å²) in [5.74, 6) is 3.55. The summed E-state index contributed by atoms with van der Waals surface area (Å²) in [5.41, 5.74) is 0.626. The van der Waals surface area contributed by atoms with Crippen molar-refractivity contribution in [2.45, 2.75) is 143 Å². The minimum absolute atomic E-state index is 0.149. The van der Waals surface area contributed by atoms with Crippen molar-refractivity contribution in [3.05, 3.63) is 0 Å². The normalized spacial score (nSPS) is 25.2. The fraction of sp³-hybridized carbons (Fsp3) is 0.935. The summed E-state index contributed by atoms with van der Waals surface area (Å²) >= 11 is 0. The summed E-state index contributed by atoms with van der Waals surface area (Å²) in [7, 11) is 0. The van der Waals surface area contributed by atoms with Gasteiger partial charge in [-0.15, -0.1) is 0 Å². The van der Waals surface area contributed by atoms with Gasteiger partial charge in [0.2, 0.25) is 0 Å². The van der Waals surface area contributed by atoms with E-state index in [1.807, 2.05) is 0 Å². The Morgan fingerprint density at radius 2 is 1.45 bits per heavy atom. The van der Waals surface area contributed by atoms with Crippen LogP contribution in [0.4, 0.5) is 0 Å². The number of hydrogen-bond donors (Lipinski definition) is 0. The molecule has 4 atom stereocenters. The van der Waals surface area contributed by atoms with Crippen molar-refractivity contribution >= 4 is 11.6 Å². The van der Waals surface area contributed by atoms with Gasteiger partial charge in [0.25, 0.3) is 0 Å². The molecule has 190 valence electrons. The molecule has 3 aliphatic rings. The molecule has 0 spiro atoms. The summed E-state index contributed by atoms with van der Waals surface area (Å²) in [6.45, 7) is 8.92. The van der Waals surface area contributed by atoms with Gasteiger partial charge in [-0.1, -0.05) is 72.6 Å². The van der Waals surface area contributed by atoms with E-state index in [0.717, 1.165) is 50.9 Å². The van der Waals surface area contributed by atoms with E-state index in [0.29, 0.717) is 34.7 Å². The van der Waals surface area contributed by atoms with Crippen LogP contribution in [0.15, 0.2) is 0 Å². The lowest BCUT2D eigenvalue weighted by atomic mass is 9.71. The molecule has 3 fully saturated rings. The first-order valence-corrected chi connectivity index (χ1v) is 14.9. The molecule has 3 aliphatic carbocycles. The number of carbonyl (C=O) groups is 2. The molecule has 1 unspecified atom stereocenters. The van der Waals surface area contributed by atoms with Crippen LogP contribution < -0.4 is 0 Å². The van der Waals surface area contributed by atoms with E-state index in [9.17, 15) is 9.59 Å². The van der Waals surface area contributed by atoms with Gasteiger partial charge in [0.1, 0.15) is 11.6 Å². The zero-order valence-corrected chi connectivity index (χ0v) is 22.5. The second-order valence-electron chi connectivity index (χ2n) is 12.6. The third kappa shape index (κ3) is 7.41. The molecule has 0 aromatic heterocycles. The standard InChI is InChI=1S/C31H54O2/c1-5-23(2)28(25(4)30(33)26-13-8-6-9-14-26)19-18-24(3)29(32)17-12-20-31(21-22-31)27-15-10-7-11-16-27/h23-28H,5-22H2,1-4H3/t23-,24?,25+,28+/m0/s1. The van der Waals surface area contributed by atoms with Gasteiger partial charge in [-0.3, -0.25) is 9.59 Å². The van der Waals surface area contributed by atoms with Crippen LogP contribution in [0.1, 0.15) is 143 Å². The molecule has 0 radical (unpaired) electrons. The molecule has 3 rings (SSSR count). The molecule has 0 aromatic carbocycles. The maximum atomic E-state index is 13.2. The molecule has 0 aliphatic heterocycles. The molecule has 3 saturated carbocycles. The second-order valence-corrected chi connectivity index (χ2v) is 12.6. The number of Topliss-reactive ketones (excluding diaryl/α,β-unsaturated/α-hetero) is 2. The van der Waals surface area contributed by atoms with E-state index in [1.54, 1.807) is 0 Å². The first-order chi connectivity index (χ1) is 15.9. The summed E-state index contributed by atoms with van der Waals surface area (Å²) in [5, 5.41) is 0. The van der Waals surface area contributed by atoms with Crippen LogP contribution in [0.25, 0.3) is 0 Å². The lowest BCUT2D eigenvalue weighted by Crippen LogP contribution is -2.32. The first kappa shape index (κ1) is 26.9. The molecule has 2 heteroatoms. The van der Waals surface area contributed by atoms with Crippen LogP contribution in [0.2, 0.25) is 0 Å². The van der Waals surface area contributed by atoms with Crippen molar-refractivity contribution in [3.63, 3.8) is 0 Å². The van der Waals surface area contributed by atoms with E-state index < -0.39 is 0 Å². The Bertz CT molecular complexity index is 606. The number of hydrogen-bond acceptors (Lipinski definition) is 2. The third-order valence-electron chi connectivity index (χ3n) is 10.4. The highest BCUT2D eigenvalue weighted by atomic mass is 16.1. The van der Waals surface area contributed by atoms with Crippen molar-refractivity contribution < 1.29 is 9.59 Å². The smallest absolute Gasteiger partial charge is 0.139 e. The largest absolute Gasteiger partial charge is 0.299 e. The van der Waals surface area contributed by atoms with Gasteiger partial charge in [-0.25, -0.2) is 0 Å². The maximum absolute atomic E-state index is 13.2.